The Labute approximate surface area is 144 Å². The number of carboxylic acid groups (broad SMARTS) is 1. The number of fused-ring (bicyclic) bond motifs is 1. The van der Waals surface area contributed by atoms with Crippen molar-refractivity contribution in [2.75, 3.05) is 0 Å². The van der Waals surface area contributed by atoms with Crippen LogP contribution in [0.3, 0.4) is 0 Å². The highest BCUT2D eigenvalue weighted by atomic mass is 16.4. The van der Waals surface area contributed by atoms with Gasteiger partial charge in [0.25, 0.3) is 0 Å². The maximum atomic E-state index is 12.4. The zero-order chi connectivity index (χ0) is 18.0. The number of nitrogens with one attached hydrogen (secondary N) is 1. The van der Waals surface area contributed by atoms with Crippen LogP contribution in [-0.2, 0) is 0 Å². The van der Waals surface area contributed by atoms with Gasteiger partial charge in [-0.25, -0.2) is 9.59 Å². The molecular formula is C18H18N4O3. The molecule has 0 aliphatic carbocycles. The highest BCUT2D eigenvalue weighted by Gasteiger charge is 2.21. The molecule has 3 rings (SSSR count). The average molecular weight is 338 g/mol. The number of carbonyl (C=O) groups excluding carboxylic acids is 1. The number of amides is 1. The summed E-state index contributed by atoms with van der Waals surface area (Å²) in [5.74, 6) is -1.18. The summed E-state index contributed by atoms with van der Waals surface area (Å²) in [6.07, 6.45) is 4.13. The van der Waals surface area contributed by atoms with Crippen LogP contribution in [0.25, 0.3) is 22.0 Å². The summed E-state index contributed by atoms with van der Waals surface area (Å²) in [5.41, 5.74) is 1.97. The van der Waals surface area contributed by atoms with Crippen molar-refractivity contribution in [1.29, 1.82) is 0 Å². The Kier molecular flexibility index (Phi) is 4.47. The van der Waals surface area contributed by atoms with E-state index in [2.05, 4.69) is 15.4 Å². The van der Waals surface area contributed by atoms with Gasteiger partial charge in [-0.3, -0.25) is 4.98 Å². The minimum atomic E-state index is -1.18. The normalized spacial score (nSPS) is 12.1. The van der Waals surface area contributed by atoms with E-state index in [1.807, 2.05) is 26.0 Å². The van der Waals surface area contributed by atoms with Crippen LogP contribution in [-0.4, -0.2) is 37.9 Å². The fourth-order valence-corrected chi connectivity index (χ4v) is 2.52. The second-order valence-electron chi connectivity index (χ2n) is 5.80. The highest BCUT2D eigenvalue weighted by molar-refractivity contribution is 6.05. The lowest BCUT2D eigenvalue weighted by molar-refractivity contribution is 0.0692. The minimum absolute atomic E-state index is 0.0327. The molecule has 25 heavy (non-hydrogen) atoms. The monoisotopic (exact) mass is 338 g/mol. The molecule has 0 unspecified atom stereocenters. The van der Waals surface area contributed by atoms with Crippen molar-refractivity contribution in [3.8, 4) is 11.1 Å². The summed E-state index contributed by atoms with van der Waals surface area (Å²) in [6.45, 7) is 3.83. The number of aromatic carboxylic acids is 1. The Bertz CT molecular complexity index is 934. The van der Waals surface area contributed by atoms with Crippen molar-refractivity contribution < 1.29 is 14.7 Å². The predicted octanol–water partition coefficient (Wildman–Crippen LogP) is 3.15. The number of pyridine rings is 1. The third kappa shape index (κ3) is 3.21. The number of hydrogen-bond donors (Lipinski definition) is 2. The Morgan fingerprint density at radius 3 is 2.72 bits per heavy atom. The van der Waals surface area contributed by atoms with Crippen LogP contribution < -0.4 is 5.32 Å². The largest absolute Gasteiger partial charge is 0.476 e. The Hall–Kier alpha value is -3.22. The number of aromatic nitrogens is 3. The minimum Gasteiger partial charge on any atom is -0.476 e. The average Bonchev–Trinajstić information content (AvgIpc) is 3.01. The predicted molar refractivity (Wildman–Crippen MR) is 93.6 cm³/mol. The molecule has 0 spiro atoms. The van der Waals surface area contributed by atoms with Crippen LogP contribution in [0.5, 0.6) is 0 Å². The van der Waals surface area contributed by atoms with Gasteiger partial charge in [-0.05, 0) is 37.1 Å². The summed E-state index contributed by atoms with van der Waals surface area (Å²) >= 11 is 0. The van der Waals surface area contributed by atoms with Crippen LogP contribution >= 0.6 is 0 Å². The molecule has 0 aliphatic rings. The molecule has 1 amide bonds. The fraction of sp³-hybridized carbons (Fsp3) is 0.222. The molecular weight excluding hydrogens is 320 g/mol. The molecule has 7 nitrogen and oxygen atoms in total. The third-order valence-corrected chi connectivity index (χ3v) is 4.05. The van der Waals surface area contributed by atoms with E-state index in [9.17, 15) is 14.7 Å². The van der Waals surface area contributed by atoms with Gasteiger partial charge < -0.3 is 10.4 Å². The quantitative estimate of drug-likeness (QED) is 0.761. The first kappa shape index (κ1) is 16.6. The number of nitrogens with zero attached hydrogens (tertiary/aromatic N) is 3. The molecule has 1 aromatic carbocycles. The molecule has 0 saturated carbocycles. The van der Waals surface area contributed by atoms with Gasteiger partial charge in [0.1, 0.15) is 0 Å². The summed E-state index contributed by atoms with van der Waals surface area (Å²) in [6, 6.07) is 8.45. The van der Waals surface area contributed by atoms with E-state index >= 15 is 0 Å². The molecule has 3 aromatic rings. The van der Waals surface area contributed by atoms with Gasteiger partial charge in [-0.1, -0.05) is 19.1 Å². The van der Waals surface area contributed by atoms with Crippen LogP contribution in [0.2, 0.25) is 0 Å². The van der Waals surface area contributed by atoms with Gasteiger partial charge in [0, 0.05) is 29.4 Å². The van der Waals surface area contributed by atoms with Crippen LogP contribution in [0.15, 0.2) is 42.7 Å². The van der Waals surface area contributed by atoms with Gasteiger partial charge in [0.15, 0.2) is 5.69 Å². The van der Waals surface area contributed by atoms with Gasteiger partial charge in [0.05, 0.1) is 5.52 Å². The third-order valence-electron chi connectivity index (χ3n) is 4.05. The maximum absolute atomic E-state index is 12.4. The van der Waals surface area contributed by atoms with Gasteiger partial charge in [-0.15, -0.1) is 0 Å². The van der Waals surface area contributed by atoms with Crippen LogP contribution in [0.4, 0.5) is 4.79 Å². The Morgan fingerprint density at radius 1 is 1.28 bits per heavy atom. The zero-order valence-electron chi connectivity index (χ0n) is 13.9. The lowest BCUT2D eigenvalue weighted by atomic mass is 10.0. The molecule has 7 heteroatoms. The summed E-state index contributed by atoms with van der Waals surface area (Å²) < 4.78 is 1.11. The molecule has 128 valence electrons. The van der Waals surface area contributed by atoms with Crippen molar-refractivity contribution in [3.63, 3.8) is 0 Å². The van der Waals surface area contributed by atoms with E-state index in [4.69, 9.17) is 0 Å². The van der Waals surface area contributed by atoms with Crippen molar-refractivity contribution in [2.24, 2.45) is 0 Å². The molecule has 1 atom stereocenters. The molecule has 2 N–H and O–H groups in total. The van der Waals surface area contributed by atoms with Crippen molar-refractivity contribution in [2.45, 2.75) is 26.3 Å². The topological polar surface area (TPSA) is 97.1 Å². The number of benzene rings is 1. The second-order valence-corrected chi connectivity index (χ2v) is 5.80. The number of carboxylic acids is 1. The summed E-state index contributed by atoms with van der Waals surface area (Å²) in [4.78, 5) is 28.0. The number of carbonyl (C=O) groups is 2. The smallest absolute Gasteiger partial charge is 0.357 e. The molecule has 2 aromatic heterocycles. The van der Waals surface area contributed by atoms with Gasteiger partial charge in [-0.2, -0.15) is 9.78 Å². The van der Waals surface area contributed by atoms with E-state index in [0.717, 1.165) is 22.2 Å². The number of hydrogen-bond acceptors (Lipinski definition) is 4. The molecule has 0 bridgehead atoms. The SMILES string of the molecule is CC[C@@H](C)NC(=O)n1nc(C(=O)O)c2cc(-c3cccnc3)ccc21. The second kappa shape index (κ2) is 6.72. The summed E-state index contributed by atoms with van der Waals surface area (Å²) in [5, 5.41) is 16.7. The molecule has 0 fully saturated rings. The van der Waals surface area contributed by atoms with E-state index in [1.54, 1.807) is 30.6 Å². The Morgan fingerprint density at radius 2 is 2.08 bits per heavy atom. The van der Waals surface area contributed by atoms with Crippen molar-refractivity contribution in [3.05, 3.63) is 48.4 Å². The van der Waals surface area contributed by atoms with E-state index in [1.165, 1.54) is 0 Å². The van der Waals surface area contributed by atoms with Crippen molar-refractivity contribution >= 4 is 22.9 Å². The van der Waals surface area contributed by atoms with E-state index < -0.39 is 12.0 Å². The van der Waals surface area contributed by atoms with E-state index in [0.29, 0.717) is 10.9 Å². The summed E-state index contributed by atoms with van der Waals surface area (Å²) in [7, 11) is 0. The molecule has 0 saturated heterocycles. The van der Waals surface area contributed by atoms with E-state index in [-0.39, 0.29) is 11.7 Å². The first-order chi connectivity index (χ1) is 12.0. The first-order valence-electron chi connectivity index (χ1n) is 7.98. The maximum Gasteiger partial charge on any atom is 0.357 e. The van der Waals surface area contributed by atoms with Gasteiger partial charge in [0.2, 0.25) is 0 Å². The zero-order valence-corrected chi connectivity index (χ0v) is 13.9. The highest BCUT2D eigenvalue weighted by Crippen LogP contribution is 2.26. The lowest BCUT2D eigenvalue weighted by Gasteiger charge is -2.11. The number of rotatable bonds is 4. The first-order valence-corrected chi connectivity index (χ1v) is 7.98. The fourth-order valence-electron chi connectivity index (χ4n) is 2.52. The molecule has 2 heterocycles. The molecule has 0 aliphatic heterocycles. The Balaban J connectivity index is 2.12. The molecule has 0 radical (unpaired) electrons. The van der Waals surface area contributed by atoms with Crippen molar-refractivity contribution in [1.82, 2.24) is 20.1 Å². The van der Waals surface area contributed by atoms with Crippen LogP contribution in [0, 0.1) is 0 Å². The lowest BCUT2D eigenvalue weighted by Crippen LogP contribution is -2.36. The van der Waals surface area contributed by atoms with Crippen LogP contribution in [0.1, 0.15) is 30.8 Å². The standard InChI is InChI=1S/C18H18N4O3/c1-3-11(2)20-18(25)22-15-7-6-12(13-5-4-8-19-10-13)9-14(15)16(21-22)17(23)24/h4-11H,3H2,1-2H3,(H,20,25)(H,23,24)/t11-/m1/s1. The van der Waals surface area contributed by atoms with Gasteiger partial charge >= 0.3 is 12.0 Å².